The molecule has 0 bridgehead atoms. The van der Waals surface area contributed by atoms with E-state index in [4.69, 9.17) is 9.78 Å². The maximum absolute atomic E-state index is 14.3. The van der Waals surface area contributed by atoms with Crippen LogP contribution in [0.3, 0.4) is 0 Å². The van der Waals surface area contributed by atoms with Gasteiger partial charge in [-0.15, -0.1) is 0 Å². The summed E-state index contributed by atoms with van der Waals surface area (Å²) < 4.78 is 48.1. The third kappa shape index (κ3) is 6.15. The second-order valence-electron chi connectivity index (χ2n) is 9.26. The number of alkyl halides is 3. The molecule has 220 valence electrons. The summed E-state index contributed by atoms with van der Waals surface area (Å²) in [5.41, 5.74) is -2.53. The van der Waals surface area contributed by atoms with Crippen molar-refractivity contribution in [3.8, 4) is 17.2 Å². The number of nitrogens with one attached hydrogen (secondary N) is 2. The number of rotatable bonds is 7. The Morgan fingerprint density at radius 2 is 1.74 bits per heavy atom. The van der Waals surface area contributed by atoms with Crippen molar-refractivity contribution in [1.82, 2.24) is 5.16 Å². The zero-order valence-corrected chi connectivity index (χ0v) is 22.8. The van der Waals surface area contributed by atoms with E-state index in [2.05, 4.69) is 15.8 Å². The molecule has 1 aromatic heterocycles. The Morgan fingerprint density at radius 1 is 1.02 bits per heavy atom. The number of benzene rings is 3. The summed E-state index contributed by atoms with van der Waals surface area (Å²) in [7, 11) is 1.33. The summed E-state index contributed by atoms with van der Waals surface area (Å²) in [4.78, 5) is 50.0. The van der Waals surface area contributed by atoms with Crippen molar-refractivity contribution in [3.63, 3.8) is 0 Å². The van der Waals surface area contributed by atoms with Crippen LogP contribution in [0.25, 0.3) is 22.1 Å². The van der Waals surface area contributed by atoms with Gasteiger partial charge < -0.3 is 25.2 Å². The number of anilines is 3. The van der Waals surface area contributed by atoms with Crippen LogP contribution in [0.2, 0.25) is 0 Å². The predicted octanol–water partition coefficient (Wildman–Crippen LogP) is 5.67. The van der Waals surface area contributed by atoms with E-state index >= 15 is 0 Å². The minimum Gasteiger partial charge on any atom is -0.478 e. The summed E-state index contributed by atoms with van der Waals surface area (Å²) in [6.07, 6.45) is -4.88. The number of carbonyl (C=O) groups is 4. The molecule has 0 aliphatic carbocycles. The molecule has 0 radical (unpaired) electrons. The first kappa shape index (κ1) is 30.3. The topological polar surface area (TPSA) is 166 Å². The van der Waals surface area contributed by atoms with Crippen LogP contribution < -0.4 is 15.5 Å². The van der Waals surface area contributed by atoms with Crippen molar-refractivity contribution in [2.45, 2.75) is 26.4 Å². The quantitative estimate of drug-likeness (QED) is 0.247. The standard InChI is InChI=1S/C29H22F3N5O6/c1-4-25(39)34-23-11-20-24(12-18(23)17-7-6-16(37(3)14(2)38)10-21(17)29(30,31)32)43-36-26(20)27(40)35-22-8-5-15(13-33)9-19(22)28(41)42/h5-12H,4H2,1-3H3,(H,34,39)(H,35,40)(H,41,42). The molecule has 3 amide bonds. The monoisotopic (exact) mass is 593 g/mol. The smallest absolute Gasteiger partial charge is 0.417 e. The van der Waals surface area contributed by atoms with Crippen molar-refractivity contribution >= 4 is 51.7 Å². The van der Waals surface area contributed by atoms with Crippen LogP contribution in [0.1, 0.15) is 52.2 Å². The Kier molecular flexibility index (Phi) is 8.20. The average Bonchev–Trinajstić information content (AvgIpc) is 3.38. The van der Waals surface area contributed by atoms with Crippen LogP contribution in [-0.4, -0.2) is 41.0 Å². The molecule has 0 saturated carbocycles. The van der Waals surface area contributed by atoms with E-state index in [0.29, 0.717) is 0 Å². The lowest BCUT2D eigenvalue weighted by atomic mass is 9.95. The summed E-state index contributed by atoms with van der Waals surface area (Å²) >= 11 is 0. The number of fused-ring (bicyclic) bond motifs is 1. The molecule has 0 fully saturated rings. The molecule has 0 spiro atoms. The Balaban J connectivity index is 1.86. The van der Waals surface area contributed by atoms with E-state index in [1.165, 1.54) is 51.2 Å². The van der Waals surface area contributed by atoms with Crippen molar-refractivity contribution in [3.05, 3.63) is 70.9 Å². The largest absolute Gasteiger partial charge is 0.478 e. The number of halogens is 3. The van der Waals surface area contributed by atoms with Crippen molar-refractivity contribution in [2.24, 2.45) is 0 Å². The second-order valence-corrected chi connectivity index (χ2v) is 9.26. The second kappa shape index (κ2) is 11.6. The van der Waals surface area contributed by atoms with E-state index < -0.39 is 35.4 Å². The lowest BCUT2D eigenvalue weighted by Gasteiger charge is -2.21. The first-order valence-electron chi connectivity index (χ1n) is 12.5. The van der Waals surface area contributed by atoms with Gasteiger partial charge in [0.05, 0.1) is 33.8 Å². The Morgan fingerprint density at radius 3 is 2.35 bits per heavy atom. The average molecular weight is 594 g/mol. The van der Waals surface area contributed by atoms with Crippen LogP contribution in [0.5, 0.6) is 0 Å². The Bertz CT molecular complexity index is 1840. The number of hydrogen-bond donors (Lipinski definition) is 3. The molecule has 3 aromatic carbocycles. The van der Waals surface area contributed by atoms with Gasteiger partial charge in [0.25, 0.3) is 5.91 Å². The Labute approximate surface area is 241 Å². The van der Waals surface area contributed by atoms with Gasteiger partial charge >= 0.3 is 12.1 Å². The van der Waals surface area contributed by atoms with Crippen molar-refractivity contribution < 1.29 is 42.0 Å². The van der Waals surface area contributed by atoms with E-state index in [9.17, 15) is 37.5 Å². The minimum absolute atomic E-state index is 0.00838. The molecule has 0 atom stereocenters. The van der Waals surface area contributed by atoms with Gasteiger partial charge in [-0.3, -0.25) is 14.4 Å². The fourth-order valence-corrected chi connectivity index (χ4v) is 4.19. The van der Waals surface area contributed by atoms with Crippen LogP contribution in [0.4, 0.5) is 30.2 Å². The molecule has 0 aliphatic heterocycles. The number of amides is 3. The SMILES string of the molecule is CCC(=O)Nc1cc2c(C(=O)Nc3ccc(C#N)cc3C(=O)O)noc2cc1-c1ccc(N(C)C(C)=O)cc1C(F)(F)F. The third-order valence-electron chi connectivity index (χ3n) is 6.51. The molecular weight excluding hydrogens is 571 g/mol. The van der Waals surface area contributed by atoms with Gasteiger partial charge in [-0.25, -0.2) is 4.79 Å². The maximum atomic E-state index is 14.3. The van der Waals surface area contributed by atoms with Gasteiger partial charge in [-0.2, -0.15) is 18.4 Å². The molecule has 43 heavy (non-hydrogen) atoms. The highest BCUT2D eigenvalue weighted by molar-refractivity contribution is 6.14. The predicted molar refractivity (Wildman–Crippen MR) is 149 cm³/mol. The number of aromatic carboxylic acids is 1. The molecular formula is C29H22F3N5O6. The van der Waals surface area contributed by atoms with E-state index in [-0.39, 0.29) is 62.4 Å². The summed E-state index contributed by atoms with van der Waals surface area (Å²) in [6, 6.07) is 11.1. The lowest BCUT2D eigenvalue weighted by molar-refractivity contribution is -0.137. The molecule has 4 rings (SSSR count). The Hall–Kier alpha value is -5.71. The fourth-order valence-electron chi connectivity index (χ4n) is 4.19. The number of nitrogens with zero attached hydrogens (tertiary/aromatic N) is 3. The molecule has 0 saturated heterocycles. The van der Waals surface area contributed by atoms with E-state index in [1.807, 2.05) is 0 Å². The normalized spacial score (nSPS) is 11.1. The molecule has 11 nitrogen and oxygen atoms in total. The van der Waals surface area contributed by atoms with Crippen LogP contribution >= 0.6 is 0 Å². The van der Waals surface area contributed by atoms with Gasteiger partial charge in [0.2, 0.25) is 11.8 Å². The number of aromatic nitrogens is 1. The first-order valence-corrected chi connectivity index (χ1v) is 12.5. The highest BCUT2D eigenvalue weighted by Gasteiger charge is 2.35. The lowest BCUT2D eigenvalue weighted by Crippen LogP contribution is -2.23. The van der Waals surface area contributed by atoms with Gasteiger partial charge in [-0.1, -0.05) is 18.1 Å². The summed E-state index contributed by atoms with van der Waals surface area (Å²) in [5.74, 6) is -3.35. The number of carboxylic acid groups (broad SMARTS) is 1. The van der Waals surface area contributed by atoms with Crippen LogP contribution in [-0.2, 0) is 15.8 Å². The van der Waals surface area contributed by atoms with E-state index in [0.717, 1.165) is 23.1 Å². The van der Waals surface area contributed by atoms with Gasteiger partial charge in [0, 0.05) is 37.3 Å². The third-order valence-corrected chi connectivity index (χ3v) is 6.51. The molecule has 1 heterocycles. The number of hydrogen-bond acceptors (Lipinski definition) is 7. The molecule has 3 N–H and O–H groups in total. The highest BCUT2D eigenvalue weighted by atomic mass is 19.4. The van der Waals surface area contributed by atoms with Crippen molar-refractivity contribution in [2.75, 3.05) is 22.6 Å². The summed E-state index contributed by atoms with van der Waals surface area (Å²) in [6.45, 7) is 2.74. The zero-order chi connectivity index (χ0) is 31.6. The van der Waals surface area contributed by atoms with E-state index in [1.54, 1.807) is 6.07 Å². The zero-order valence-electron chi connectivity index (χ0n) is 22.8. The molecule has 0 aliphatic rings. The summed E-state index contributed by atoms with van der Waals surface area (Å²) in [5, 5.41) is 27.2. The van der Waals surface area contributed by atoms with Crippen LogP contribution in [0.15, 0.2) is 53.1 Å². The van der Waals surface area contributed by atoms with Gasteiger partial charge in [0.15, 0.2) is 11.3 Å². The van der Waals surface area contributed by atoms with Crippen molar-refractivity contribution in [1.29, 1.82) is 5.26 Å². The number of carboxylic acids is 1. The van der Waals surface area contributed by atoms with Crippen LogP contribution in [0, 0.1) is 11.3 Å². The molecule has 0 unspecified atom stereocenters. The minimum atomic E-state index is -4.86. The van der Waals surface area contributed by atoms with Gasteiger partial charge in [0.1, 0.15) is 0 Å². The first-order chi connectivity index (χ1) is 20.2. The highest BCUT2D eigenvalue weighted by Crippen LogP contribution is 2.43. The fraction of sp³-hybridized carbons (Fsp3) is 0.172. The van der Waals surface area contributed by atoms with Gasteiger partial charge in [-0.05, 0) is 48.0 Å². The molecule has 4 aromatic rings. The number of nitriles is 1. The maximum Gasteiger partial charge on any atom is 0.417 e. The number of carbonyl (C=O) groups excluding carboxylic acids is 3. The molecule has 14 heteroatoms.